The first-order chi connectivity index (χ1) is 8.68. The van der Waals surface area contributed by atoms with E-state index in [9.17, 15) is 9.90 Å². The number of amides is 1. The van der Waals surface area contributed by atoms with Crippen molar-refractivity contribution in [1.82, 2.24) is 20.6 Å². The van der Waals surface area contributed by atoms with E-state index in [1.165, 1.54) is 4.68 Å². The first kappa shape index (κ1) is 12.1. The summed E-state index contributed by atoms with van der Waals surface area (Å²) in [6.45, 7) is 0.344. The van der Waals surface area contributed by atoms with Crippen LogP contribution in [0.2, 0.25) is 0 Å². The number of nitrogens with one attached hydrogen (secondary N) is 2. The molecule has 0 spiro atoms. The second-order valence-corrected chi connectivity index (χ2v) is 3.78. The summed E-state index contributed by atoms with van der Waals surface area (Å²) in [5.41, 5.74) is 6.47. The third-order valence-electron chi connectivity index (χ3n) is 2.53. The number of phenolic OH excluding ortho intramolecular Hbond substituents is 1. The minimum absolute atomic E-state index is 0.194. The third-order valence-corrected chi connectivity index (χ3v) is 2.53. The summed E-state index contributed by atoms with van der Waals surface area (Å²) in [5.74, 6) is -0.0785. The van der Waals surface area contributed by atoms with Crippen LogP contribution >= 0.6 is 0 Å². The Morgan fingerprint density at radius 1 is 1.39 bits per heavy atom. The van der Waals surface area contributed by atoms with E-state index in [-0.39, 0.29) is 11.7 Å². The zero-order valence-corrected chi connectivity index (χ0v) is 9.92. The van der Waals surface area contributed by atoms with Gasteiger partial charge in [0.25, 0.3) is 5.91 Å². The molecule has 0 radical (unpaired) electrons. The summed E-state index contributed by atoms with van der Waals surface area (Å²) in [4.78, 5) is 11.7. The fourth-order valence-corrected chi connectivity index (χ4v) is 1.54. The second-order valence-electron chi connectivity index (χ2n) is 3.78. The molecule has 3 N–H and O–H groups in total. The van der Waals surface area contributed by atoms with E-state index in [1.54, 1.807) is 37.5 Å². The van der Waals surface area contributed by atoms with Crippen molar-refractivity contribution < 1.29 is 9.90 Å². The van der Waals surface area contributed by atoms with Crippen LogP contribution in [0.1, 0.15) is 16.1 Å². The lowest BCUT2D eigenvalue weighted by atomic mass is 10.2. The van der Waals surface area contributed by atoms with Crippen LogP contribution in [0.3, 0.4) is 0 Å². The van der Waals surface area contributed by atoms with Gasteiger partial charge in [-0.05, 0) is 12.1 Å². The number of carbonyl (C=O) groups is 1. The van der Waals surface area contributed by atoms with Crippen molar-refractivity contribution in [2.24, 2.45) is 7.05 Å². The number of benzene rings is 1. The summed E-state index contributed by atoms with van der Waals surface area (Å²) in [6, 6.07) is 8.56. The molecule has 0 aliphatic heterocycles. The van der Waals surface area contributed by atoms with Gasteiger partial charge in [0.2, 0.25) is 0 Å². The van der Waals surface area contributed by atoms with Gasteiger partial charge in [0.05, 0.1) is 0 Å². The van der Waals surface area contributed by atoms with Gasteiger partial charge in [-0.3, -0.25) is 14.9 Å². The smallest absolute Gasteiger partial charge is 0.283 e. The zero-order chi connectivity index (χ0) is 13.0. The SMILES string of the molecule is Cn1nccc1C(=O)NNCc1ccccc1O. The van der Waals surface area contributed by atoms with Gasteiger partial charge in [0, 0.05) is 25.4 Å². The standard InChI is InChI=1S/C12H14N4O2/c1-16-10(6-7-14-16)12(18)15-13-8-9-4-2-3-5-11(9)17/h2-7,13,17H,8H2,1H3,(H,15,18). The number of phenols is 1. The van der Waals surface area contributed by atoms with Gasteiger partial charge in [0.1, 0.15) is 11.4 Å². The lowest BCUT2D eigenvalue weighted by molar-refractivity contribution is 0.0922. The first-order valence-electron chi connectivity index (χ1n) is 5.46. The van der Waals surface area contributed by atoms with Gasteiger partial charge in [0.15, 0.2) is 0 Å². The molecule has 0 bridgehead atoms. The Morgan fingerprint density at radius 3 is 2.83 bits per heavy atom. The van der Waals surface area contributed by atoms with Gasteiger partial charge >= 0.3 is 0 Å². The number of hydrazine groups is 1. The Labute approximate surface area is 104 Å². The molecule has 0 fully saturated rings. The highest BCUT2D eigenvalue weighted by Gasteiger charge is 2.08. The van der Waals surface area contributed by atoms with Crippen LogP contribution in [0.25, 0.3) is 0 Å². The summed E-state index contributed by atoms with van der Waals surface area (Å²) in [5, 5.41) is 13.4. The van der Waals surface area contributed by atoms with Crippen LogP contribution in [0, 0.1) is 0 Å². The van der Waals surface area contributed by atoms with Crippen molar-refractivity contribution in [3.05, 3.63) is 47.8 Å². The van der Waals surface area contributed by atoms with Crippen molar-refractivity contribution >= 4 is 5.91 Å². The van der Waals surface area contributed by atoms with Gasteiger partial charge in [-0.15, -0.1) is 0 Å². The number of nitrogens with zero attached hydrogens (tertiary/aromatic N) is 2. The average Bonchev–Trinajstić information content (AvgIpc) is 2.78. The molecule has 1 aromatic heterocycles. The van der Waals surface area contributed by atoms with Crippen LogP contribution in [0.15, 0.2) is 36.5 Å². The van der Waals surface area contributed by atoms with Crippen molar-refractivity contribution in [2.45, 2.75) is 6.54 Å². The van der Waals surface area contributed by atoms with Gasteiger partial charge < -0.3 is 5.11 Å². The molecule has 2 rings (SSSR count). The Kier molecular flexibility index (Phi) is 3.59. The van der Waals surface area contributed by atoms with Crippen LogP contribution in [-0.4, -0.2) is 20.8 Å². The molecular formula is C12H14N4O2. The molecule has 0 atom stereocenters. The molecule has 1 heterocycles. The van der Waals surface area contributed by atoms with Crippen molar-refractivity contribution in [2.75, 3.05) is 0 Å². The molecule has 18 heavy (non-hydrogen) atoms. The summed E-state index contributed by atoms with van der Waals surface area (Å²) in [7, 11) is 1.69. The van der Waals surface area contributed by atoms with Crippen LogP contribution in [0.5, 0.6) is 5.75 Å². The highest BCUT2D eigenvalue weighted by molar-refractivity contribution is 5.92. The lowest BCUT2D eigenvalue weighted by Gasteiger charge is -2.08. The maximum Gasteiger partial charge on any atom is 0.283 e. The number of rotatable bonds is 4. The fraction of sp³-hybridized carbons (Fsp3) is 0.167. The van der Waals surface area contributed by atoms with Gasteiger partial charge in [-0.2, -0.15) is 5.10 Å². The Morgan fingerprint density at radius 2 is 2.17 bits per heavy atom. The number of aromatic nitrogens is 2. The molecule has 1 amide bonds. The third kappa shape index (κ3) is 2.67. The van der Waals surface area contributed by atoms with Crippen LogP contribution in [-0.2, 0) is 13.6 Å². The number of hydrogen-bond donors (Lipinski definition) is 3. The summed E-state index contributed by atoms with van der Waals surface area (Å²) in [6.07, 6.45) is 1.55. The molecule has 6 heteroatoms. The second kappa shape index (κ2) is 5.33. The minimum Gasteiger partial charge on any atom is -0.508 e. The van der Waals surface area contributed by atoms with E-state index in [1.807, 2.05) is 6.07 Å². The molecule has 0 unspecified atom stereocenters. The van der Waals surface area contributed by atoms with Crippen molar-refractivity contribution in [3.63, 3.8) is 0 Å². The lowest BCUT2D eigenvalue weighted by Crippen LogP contribution is -2.37. The topological polar surface area (TPSA) is 79.2 Å². The van der Waals surface area contributed by atoms with E-state index >= 15 is 0 Å². The summed E-state index contributed by atoms with van der Waals surface area (Å²) >= 11 is 0. The monoisotopic (exact) mass is 246 g/mol. The number of carbonyl (C=O) groups excluding carboxylic acids is 1. The summed E-state index contributed by atoms with van der Waals surface area (Å²) < 4.78 is 1.48. The fourth-order valence-electron chi connectivity index (χ4n) is 1.54. The van der Waals surface area contributed by atoms with Crippen LogP contribution < -0.4 is 10.9 Å². The van der Waals surface area contributed by atoms with Gasteiger partial charge in [-0.1, -0.05) is 18.2 Å². The normalized spacial score (nSPS) is 10.3. The zero-order valence-electron chi connectivity index (χ0n) is 9.92. The maximum absolute atomic E-state index is 11.7. The first-order valence-corrected chi connectivity index (χ1v) is 5.46. The number of aryl methyl sites for hydroxylation is 1. The van der Waals surface area contributed by atoms with Gasteiger partial charge in [-0.25, -0.2) is 5.43 Å². The van der Waals surface area contributed by atoms with E-state index in [0.717, 1.165) is 0 Å². The molecule has 0 saturated carbocycles. The maximum atomic E-state index is 11.7. The molecule has 6 nitrogen and oxygen atoms in total. The molecule has 0 aliphatic carbocycles. The quantitative estimate of drug-likeness (QED) is 0.689. The minimum atomic E-state index is -0.273. The number of hydrogen-bond acceptors (Lipinski definition) is 4. The molecular weight excluding hydrogens is 232 g/mol. The molecule has 2 aromatic rings. The number of aromatic hydroxyl groups is 1. The predicted octanol–water partition coefficient (Wildman–Crippen LogP) is 0.560. The van der Waals surface area contributed by atoms with E-state index in [4.69, 9.17) is 0 Å². The predicted molar refractivity (Wildman–Crippen MR) is 65.6 cm³/mol. The van der Waals surface area contributed by atoms with Crippen molar-refractivity contribution in [1.29, 1.82) is 0 Å². The average molecular weight is 246 g/mol. The molecule has 94 valence electrons. The molecule has 0 saturated heterocycles. The van der Waals surface area contributed by atoms with E-state index in [2.05, 4.69) is 16.0 Å². The Hall–Kier alpha value is -2.34. The largest absolute Gasteiger partial charge is 0.508 e. The Bertz CT molecular complexity index is 551. The number of para-hydroxylation sites is 1. The molecule has 0 aliphatic rings. The van der Waals surface area contributed by atoms with Crippen LogP contribution in [0.4, 0.5) is 0 Å². The highest BCUT2D eigenvalue weighted by Crippen LogP contribution is 2.14. The van der Waals surface area contributed by atoms with E-state index in [0.29, 0.717) is 17.8 Å². The van der Waals surface area contributed by atoms with E-state index < -0.39 is 0 Å². The Balaban J connectivity index is 1.88. The highest BCUT2D eigenvalue weighted by atomic mass is 16.3. The molecule has 1 aromatic carbocycles. The van der Waals surface area contributed by atoms with Crippen molar-refractivity contribution in [3.8, 4) is 5.75 Å².